The number of hydrogen-bond acceptors (Lipinski definition) is 8. The zero-order valence-electron chi connectivity index (χ0n) is 19.5. The second-order valence-corrected chi connectivity index (χ2v) is 9.95. The number of aromatic nitrogens is 2. The van der Waals surface area contributed by atoms with E-state index in [1.54, 1.807) is 25.4 Å². The molecule has 1 fully saturated rings. The lowest BCUT2D eigenvalue weighted by molar-refractivity contribution is -0.113. The van der Waals surface area contributed by atoms with Crippen molar-refractivity contribution in [1.82, 2.24) is 20.2 Å². The molecular formula is C25H28FN5O3S. The Balaban J connectivity index is 1.15. The molecule has 8 nitrogen and oxygen atoms in total. The zero-order chi connectivity index (χ0) is 24.4. The normalized spacial score (nSPS) is 20.1. The summed E-state index contributed by atoms with van der Waals surface area (Å²) >= 11 is 1.35. The van der Waals surface area contributed by atoms with E-state index in [-0.39, 0.29) is 17.6 Å². The minimum Gasteiger partial charge on any atom is -0.481 e. The number of carbonyl (C=O) groups excluding carboxylic acids is 1. The Bertz CT molecular complexity index is 1240. The number of β-amino-alcohol motifs (C(OH)–C–C–N with tert-alkyl or cyclic N) is 1. The fourth-order valence-corrected chi connectivity index (χ4v) is 5.46. The Kier molecular flexibility index (Phi) is 7.14. The number of hydrogen-bond donors (Lipinski definition) is 3. The van der Waals surface area contributed by atoms with Crippen molar-refractivity contribution in [2.45, 2.75) is 24.0 Å². The van der Waals surface area contributed by atoms with Gasteiger partial charge in [0.2, 0.25) is 11.8 Å². The van der Waals surface area contributed by atoms with Crippen LogP contribution in [0.4, 0.5) is 10.1 Å². The van der Waals surface area contributed by atoms with Gasteiger partial charge in [-0.15, -0.1) is 11.8 Å². The van der Waals surface area contributed by atoms with Crippen molar-refractivity contribution in [3.63, 3.8) is 0 Å². The number of benzene rings is 1. The molecule has 0 radical (unpaired) electrons. The van der Waals surface area contributed by atoms with Gasteiger partial charge < -0.3 is 25.4 Å². The standard InChI is InChI=1S/C25H28FN5O3S/c1-34-24-3-2-19-25(30-24)15(4-6-28-19)5-7-31-12-17(21(32)13-31)11-27-10-16-8-20-22(9-18(16)26)35-14-23(33)29-20/h2-4,6,8-9,17,21,27,32H,5,7,10-14H2,1H3,(H,29,33)/t17-,21+/m0/s1. The summed E-state index contributed by atoms with van der Waals surface area (Å²) in [6.07, 6.45) is 2.14. The maximum Gasteiger partial charge on any atom is 0.234 e. The van der Waals surface area contributed by atoms with Gasteiger partial charge in [-0.3, -0.25) is 9.78 Å². The third kappa shape index (κ3) is 5.40. The van der Waals surface area contributed by atoms with Crippen LogP contribution in [0.3, 0.4) is 0 Å². The number of ether oxygens (including phenoxy) is 1. The number of amides is 1. The van der Waals surface area contributed by atoms with Crippen molar-refractivity contribution < 1.29 is 19.0 Å². The number of fused-ring (bicyclic) bond motifs is 2. The van der Waals surface area contributed by atoms with Gasteiger partial charge in [-0.2, -0.15) is 0 Å². The van der Waals surface area contributed by atoms with E-state index in [2.05, 4.69) is 25.5 Å². The lowest BCUT2D eigenvalue weighted by Crippen LogP contribution is -2.30. The Morgan fingerprint density at radius 1 is 1.29 bits per heavy atom. The first-order chi connectivity index (χ1) is 17.0. The van der Waals surface area contributed by atoms with E-state index < -0.39 is 6.10 Å². The highest BCUT2D eigenvalue weighted by molar-refractivity contribution is 8.00. The van der Waals surface area contributed by atoms with Gasteiger partial charge in [0.05, 0.1) is 35.7 Å². The number of thioether (sulfide) groups is 1. The molecule has 1 saturated heterocycles. The smallest absolute Gasteiger partial charge is 0.234 e. The van der Waals surface area contributed by atoms with Crippen molar-refractivity contribution in [3.8, 4) is 5.88 Å². The van der Waals surface area contributed by atoms with Crippen molar-refractivity contribution in [2.75, 3.05) is 44.4 Å². The number of nitrogens with zero attached hydrogens (tertiary/aromatic N) is 3. The van der Waals surface area contributed by atoms with Crippen molar-refractivity contribution in [1.29, 1.82) is 0 Å². The number of methoxy groups -OCH3 is 1. The predicted molar refractivity (Wildman–Crippen MR) is 133 cm³/mol. The number of pyridine rings is 2. The minimum atomic E-state index is -0.445. The molecule has 2 aliphatic heterocycles. The minimum absolute atomic E-state index is 0.0540. The molecule has 2 aromatic heterocycles. The summed E-state index contributed by atoms with van der Waals surface area (Å²) in [5, 5.41) is 16.7. The number of aliphatic hydroxyl groups excluding tert-OH is 1. The first-order valence-electron chi connectivity index (χ1n) is 11.6. The van der Waals surface area contributed by atoms with Crippen LogP contribution in [0.5, 0.6) is 5.88 Å². The third-order valence-electron chi connectivity index (χ3n) is 6.53. The lowest BCUT2D eigenvalue weighted by atomic mass is 10.1. The molecule has 0 bridgehead atoms. The Morgan fingerprint density at radius 3 is 3.03 bits per heavy atom. The first-order valence-corrected chi connectivity index (χ1v) is 12.6. The van der Waals surface area contributed by atoms with E-state index in [4.69, 9.17) is 4.74 Å². The molecule has 184 valence electrons. The molecule has 0 unspecified atom stereocenters. The second kappa shape index (κ2) is 10.4. The van der Waals surface area contributed by atoms with Crippen LogP contribution in [0.25, 0.3) is 11.0 Å². The van der Waals surface area contributed by atoms with Gasteiger partial charge in [0, 0.05) is 61.4 Å². The largest absolute Gasteiger partial charge is 0.481 e. The highest BCUT2D eigenvalue weighted by atomic mass is 32.2. The number of anilines is 1. The summed E-state index contributed by atoms with van der Waals surface area (Å²) in [5.41, 5.74) is 3.93. The number of nitrogens with one attached hydrogen (secondary N) is 2. The first kappa shape index (κ1) is 23.9. The van der Waals surface area contributed by atoms with E-state index in [1.807, 2.05) is 12.1 Å². The fourth-order valence-electron chi connectivity index (χ4n) is 4.65. The molecular weight excluding hydrogens is 469 g/mol. The molecule has 2 aliphatic rings. The van der Waals surface area contributed by atoms with Gasteiger partial charge in [-0.05, 0) is 36.2 Å². The number of halogens is 1. The number of aliphatic hydroxyl groups is 1. The summed E-state index contributed by atoms with van der Waals surface area (Å²) < 4.78 is 19.8. The molecule has 2 atom stereocenters. The maximum atomic E-state index is 14.5. The predicted octanol–water partition coefficient (Wildman–Crippen LogP) is 2.45. The van der Waals surface area contributed by atoms with Crippen LogP contribution < -0.4 is 15.4 Å². The highest BCUT2D eigenvalue weighted by Gasteiger charge is 2.30. The monoisotopic (exact) mass is 497 g/mol. The molecule has 0 saturated carbocycles. The molecule has 4 heterocycles. The van der Waals surface area contributed by atoms with Crippen LogP contribution in [0.15, 0.2) is 41.4 Å². The summed E-state index contributed by atoms with van der Waals surface area (Å²) in [4.78, 5) is 23.6. The molecule has 1 amide bonds. The Labute approximate surface area is 207 Å². The second-order valence-electron chi connectivity index (χ2n) is 8.94. The van der Waals surface area contributed by atoms with E-state index in [9.17, 15) is 14.3 Å². The van der Waals surface area contributed by atoms with Gasteiger partial charge in [0.1, 0.15) is 5.82 Å². The van der Waals surface area contributed by atoms with E-state index in [0.717, 1.165) is 41.0 Å². The molecule has 0 aliphatic carbocycles. The summed E-state index contributed by atoms with van der Waals surface area (Å²) in [6.45, 7) is 3.06. The summed E-state index contributed by atoms with van der Waals surface area (Å²) in [6, 6.07) is 8.87. The maximum absolute atomic E-state index is 14.5. The molecule has 10 heteroatoms. The SMILES string of the molecule is COc1ccc2nccc(CCN3C[C@H](CNCc4cc5c(cc4F)SCC(=O)N5)[C@H](O)C3)c2n1. The van der Waals surface area contributed by atoms with E-state index in [1.165, 1.54) is 17.8 Å². The van der Waals surface area contributed by atoms with Crippen LogP contribution in [0.1, 0.15) is 11.1 Å². The number of rotatable bonds is 8. The van der Waals surface area contributed by atoms with Crippen LogP contribution in [-0.4, -0.2) is 71.0 Å². The van der Waals surface area contributed by atoms with Crippen LogP contribution >= 0.6 is 11.8 Å². The third-order valence-corrected chi connectivity index (χ3v) is 7.59. The van der Waals surface area contributed by atoms with Gasteiger partial charge in [-0.1, -0.05) is 0 Å². The van der Waals surface area contributed by atoms with Crippen molar-refractivity contribution in [3.05, 3.63) is 53.5 Å². The number of likely N-dealkylation sites (tertiary alicyclic amines) is 1. The number of carbonyl (C=O) groups is 1. The van der Waals surface area contributed by atoms with Crippen LogP contribution in [-0.2, 0) is 17.8 Å². The molecule has 3 N–H and O–H groups in total. The quantitative estimate of drug-likeness (QED) is 0.437. The fraction of sp³-hybridized carbons (Fsp3) is 0.400. The van der Waals surface area contributed by atoms with Gasteiger partial charge in [0.25, 0.3) is 0 Å². The average molecular weight is 498 g/mol. The molecule has 1 aromatic carbocycles. The average Bonchev–Trinajstić information content (AvgIpc) is 3.22. The van der Waals surface area contributed by atoms with E-state index >= 15 is 0 Å². The van der Waals surface area contributed by atoms with Crippen molar-refractivity contribution >= 4 is 34.4 Å². The van der Waals surface area contributed by atoms with Gasteiger partial charge in [0.15, 0.2) is 0 Å². The Morgan fingerprint density at radius 2 is 2.17 bits per heavy atom. The molecule has 0 spiro atoms. The van der Waals surface area contributed by atoms with Gasteiger partial charge in [-0.25, -0.2) is 9.37 Å². The van der Waals surface area contributed by atoms with Crippen LogP contribution in [0, 0.1) is 11.7 Å². The Hall–Kier alpha value is -2.79. The summed E-state index contributed by atoms with van der Waals surface area (Å²) in [5.74, 6) is 0.562. The molecule has 35 heavy (non-hydrogen) atoms. The topological polar surface area (TPSA) is 99.6 Å². The van der Waals surface area contributed by atoms with Crippen LogP contribution in [0.2, 0.25) is 0 Å². The molecule has 5 rings (SSSR count). The molecule has 3 aromatic rings. The summed E-state index contributed by atoms with van der Waals surface area (Å²) in [7, 11) is 1.60. The van der Waals surface area contributed by atoms with E-state index in [0.29, 0.717) is 42.5 Å². The zero-order valence-corrected chi connectivity index (χ0v) is 20.3. The van der Waals surface area contributed by atoms with Crippen molar-refractivity contribution in [2.24, 2.45) is 5.92 Å². The highest BCUT2D eigenvalue weighted by Crippen LogP contribution is 2.33. The van der Waals surface area contributed by atoms with Gasteiger partial charge >= 0.3 is 0 Å². The lowest BCUT2D eigenvalue weighted by Gasteiger charge is -2.19.